The van der Waals surface area contributed by atoms with E-state index in [1.54, 1.807) is 6.07 Å². The molecule has 0 saturated heterocycles. The Morgan fingerprint density at radius 1 is 1.10 bits per heavy atom. The summed E-state index contributed by atoms with van der Waals surface area (Å²) in [7, 11) is -0.179. The molecule has 0 aromatic heterocycles. The molecule has 0 bridgehead atoms. The predicted octanol–water partition coefficient (Wildman–Crippen LogP) is 1.61. The fourth-order valence-electron chi connectivity index (χ4n) is 1.77. The molecule has 2 aromatic rings. The molecule has 0 unspecified atom stereocenters. The second kappa shape index (κ2) is 6.66. The van der Waals surface area contributed by atoms with Crippen LogP contribution in [0.1, 0.15) is 5.56 Å². The van der Waals surface area contributed by atoms with E-state index in [9.17, 15) is 10.0 Å². The molecule has 2 aromatic carbocycles. The van der Waals surface area contributed by atoms with Gasteiger partial charge in [-0.3, -0.25) is 0 Å². The lowest BCUT2D eigenvalue weighted by Crippen LogP contribution is -2.31. The molecule has 0 fully saturated rings. The third-order valence-corrected chi connectivity index (χ3v) is 3.09. The quantitative estimate of drug-likeness (QED) is 0.822. The minimum Gasteiger partial charge on any atom is -0.495 e. The molecule has 2 N–H and O–H groups in total. The van der Waals surface area contributed by atoms with Crippen molar-refractivity contribution in [2.24, 2.45) is 0 Å². The first-order valence-corrected chi connectivity index (χ1v) is 6.40. The largest absolute Gasteiger partial charge is 0.495 e. The molecule has 104 valence electrons. The van der Waals surface area contributed by atoms with Crippen LogP contribution in [0.3, 0.4) is 0 Å². The van der Waals surface area contributed by atoms with E-state index in [1.807, 2.05) is 30.3 Å². The highest BCUT2D eigenvalue weighted by atomic mass is 35.5. The number of hydrogen-bond acceptors (Lipinski definition) is 4. The SMILES string of the molecule is COc1cc(OCc2ccccc2)c(B(O)O)cc1Cl. The third kappa shape index (κ3) is 3.45. The van der Waals surface area contributed by atoms with Crippen molar-refractivity contribution in [3.63, 3.8) is 0 Å². The smallest absolute Gasteiger partial charge is 0.492 e. The van der Waals surface area contributed by atoms with Crippen LogP contribution in [0.2, 0.25) is 5.02 Å². The molecule has 2 rings (SSSR count). The third-order valence-electron chi connectivity index (χ3n) is 2.80. The van der Waals surface area contributed by atoms with Gasteiger partial charge in [-0.05, 0) is 11.6 Å². The number of ether oxygens (including phenoxy) is 2. The summed E-state index contributed by atoms with van der Waals surface area (Å²) in [6.07, 6.45) is 0. The second-order valence-electron chi connectivity index (χ2n) is 4.17. The minimum atomic E-state index is -1.66. The van der Waals surface area contributed by atoms with E-state index in [0.29, 0.717) is 23.1 Å². The van der Waals surface area contributed by atoms with Crippen molar-refractivity contribution >= 4 is 24.2 Å². The Labute approximate surface area is 122 Å². The standard InChI is InChI=1S/C14H14BClO4/c1-19-14-8-13(11(15(17)18)7-12(14)16)20-9-10-5-3-2-4-6-10/h2-8,17-18H,9H2,1H3. The number of rotatable bonds is 5. The van der Waals surface area contributed by atoms with Crippen LogP contribution < -0.4 is 14.9 Å². The van der Waals surface area contributed by atoms with Gasteiger partial charge in [-0.2, -0.15) is 0 Å². The molecule has 0 aliphatic carbocycles. The van der Waals surface area contributed by atoms with E-state index >= 15 is 0 Å². The topological polar surface area (TPSA) is 58.9 Å². The van der Waals surface area contributed by atoms with E-state index in [-0.39, 0.29) is 5.46 Å². The van der Waals surface area contributed by atoms with Crippen molar-refractivity contribution in [3.8, 4) is 11.5 Å². The molecule has 0 saturated carbocycles. The highest BCUT2D eigenvalue weighted by molar-refractivity contribution is 6.60. The van der Waals surface area contributed by atoms with Gasteiger partial charge in [-0.1, -0.05) is 41.9 Å². The van der Waals surface area contributed by atoms with Crippen molar-refractivity contribution < 1.29 is 19.5 Å². The van der Waals surface area contributed by atoms with Gasteiger partial charge in [-0.25, -0.2) is 0 Å². The molecule has 4 nitrogen and oxygen atoms in total. The molecule has 0 heterocycles. The molecule has 0 spiro atoms. The summed E-state index contributed by atoms with van der Waals surface area (Å²) in [4.78, 5) is 0. The van der Waals surface area contributed by atoms with Crippen LogP contribution in [0.15, 0.2) is 42.5 Å². The van der Waals surface area contributed by atoms with Gasteiger partial charge >= 0.3 is 7.12 Å². The summed E-state index contributed by atoms with van der Waals surface area (Å²) in [5, 5.41) is 19.0. The monoisotopic (exact) mass is 292 g/mol. The van der Waals surface area contributed by atoms with Gasteiger partial charge in [-0.15, -0.1) is 0 Å². The van der Waals surface area contributed by atoms with Gasteiger partial charge in [0.1, 0.15) is 18.1 Å². The van der Waals surface area contributed by atoms with Gasteiger partial charge in [0.05, 0.1) is 12.1 Å². The summed E-state index contributed by atoms with van der Waals surface area (Å²) < 4.78 is 10.7. The van der Waals surface area contributed by atoms with Gasteiger partial charge in [0.2, 0.25) is 0 Å². The van der Waals surface area contributed by atoms with Crippen LogP contribution in [0.25, 0.3) is 0 Å². The van der Waals surface area contributed by atoms with E-state index < -0.39 is 7.12 Å². The van der Waals surface area contributed by atoms with E-state index in [1.165, 1.54) is 13.2 Å². The number of methoxy groups -OCH3 is 1. The lowest BCUT2D eigenvalue weighted by atomic mass is 9.79. The Bertz CT molecular complexity index is 575. The summed E-state index contributed by atoms with van der Waals surface area (Å²) in [5.74, 6) is 0.740. The number of halogens is 1. The minimum absolute atomic E-state index is 0.201. The summed E-state index contributed by atoms with van der Waals surface area (Å²) >= 11 is 5.96. The Kier molecular flexibility index (Phi) is 4.90. The normalized spacial score (nSPS) is 10.2. The van der Waals surface area contributed by atoms with Crippen molar-refractivity contribution in [3.05, 3.63) is 53.1 Å². The van der Waals surface area contributed by atoms with E-state index in [2.05, 4.69) is 0 Å². The molecule has 20 heavy (non-hydrogen) atoms. The Morgan fingerprint density at radius 2 is 1.80 bits per heavy atom. The molecule has 0 amide bonds. The summed E-state index contributed by atoms with van der Waals surface area (Å²) in [5.41, 5.74) is 1.17. The number of hydrogen-bond donors (Lipinski definition) is 2. The zero-order chi connectivity index (χ0) is 14.5. The maximum atomic E-state index is 9.37. The fourth-order valence-corrected chi connectivity index (χ4v) is 2.02. The summed E-state index contributed by atoms with van der Waals surface area (Å²) in [6, 6.07) is 12.5. The Hall–Kier alpha value is -1.69. The van der Waals surface area contributed by atoms with Crippen molar-refractivity contribution in [2.45, 2.75) is 6.61 Å². The van der Waals surface area contributed by atoms with Crippen LogP contribution in [-0.2, 0) is 6.61 Å². The molecule has 0 aliphatic rings. The Balaban J connectivity index is 2.25. The van der Waals surface area contributed by atoms with E-state index in [0.717, 1.165) is 5.56 Å². The van der Waals surface area contributed by atoms with Crippen molar-refractivity contribution in [1.82, 2.24) is 0 Å². The Morgan fingerprint density at radius 3 is 2.40 bits per heavy atom. The van der Waals surface area contributed by atoms with Gasteiger partial charge in [0.15, 0.2) is 0 Å². The predicted molar refractivity (Wildman–Crippen MR) is 78.6 cm³/mol. The lowest BCUT2D eigenvalue weighted by molar-refractivity contribution is 0.304. The molecular formula is C14H14BClO4. The van der Waals surface area contributed by atoms with Crippen molar-refractivity contribution in [1.29, 1.82) is 0 Å². The average molecular weight is 293 g/mol. The molecule has 0 atom stereocenters. The van der Waals surface area contributed by atoms with Gasteiger partial charge in [0, 0.05) is 11.5 Å². The van der Waals surface area contributed by atoms with Crippen LogP contribution in [0, 0.1) is 0 Å². The zero-order valence-electron chi connectivity index (χ0n) is 10.9. The second-order valence-corrected chi connectivity index (χ2v) is 4.58. The average Bonchev–Trinajstić information content (AvgIpc) is 2.46. The van der Waals surface area contributed by atoms with Crippen LogP contribution in [0.4, 0.5) is 0 Å². The van der Waals surface area contributed by atoms with E-state index in [4.69, 9.17) is 21.1 Å². The number of benzene rings is 2. The first-order chi connectivity index (χ1) is 9.61. The maximum Gasteiger partial charge on any atom is 0.492 e. The molecular weight excluding hydrogens is 278 g/mol. The van der Waals surface area contributed by atoms with Gasteiger partial charge in [0.25, 0.3) is 0 Å². The first kappa shape index (κ1) is 14.7. The fraction of sp³-hybridized carbons (Fsp3) is 0.143. The molecule has 0 radical (unpaired) electrons. The van der Waals surface area contributed by atoms with Crippen LogP contribution in [-0.4, -0.2) is 24.3 Å². The first-order valence-electron chi connectivity index (χ1n) is 6.02. The summed E-state index contributed by atoms with van der Waals surface area (Å²) in [6.45, 7) is 0.311. The lowest BCUT2D eigenvalue weighted by Gasteiger charge is -2.14. The maximum absolute atomic E-state index is 9.37. The van der Waals surface area contributed by atoms with Crippen molar-refractivity contribution in [2.75, 3.05) is 7.11 Å². The van der Waals surface area contributed by atoms with Crippen LogP contribution in [0.5, 0.6) is 11.5 Å². The molecule has 6 heteroatoms. The van der Waals surface area contributed by atoms with Gasteiger partial charge < -0.3 is 19.5 Å². The zero-order valence-corrected chi connectivity index (χ0v) is 11.7. The van der Waals surface area contributed by atoms with Crippen LogP contribution >= 0.6 is 11.6 Å². The highest BCUT2D eigenvalue weighted by Gasteiger charge is 2.20. The molecule has 0 aliphatic heterocycles. The highest BCUT2D eigenvalue weighted by Crippen LogP contribution is 2.28.